The van der Waals surface area contributed by atoms with Crippen LogP contribution in [0.4, 0.5) is 4.39 Å². The molecule has 1 aromatic rings. The molecule has 0 aromatic heterocycles. The number of hydrogen-bond acceptors (Lipinski definition) is 3. The average molecular weight is 252 g/mol. The van der Waals surface area contributed by atoms with E-state index in [-0.39, 0.29) is 18.8 Å². The molecule has 18 heavy (non-hydrogen) atoms. The summed E-state index contributed by atoms with van der Waals surface area (Å²) in [5, 5.41) is 3.31. The van der Waals surface area contributed by atoms with Crippen LogP contribution in [0.1, 0.15) is 24.8 Å². The van der Waals surface area contributed by atoms with Gasteiger partial charge in [0.1, 0.15) is 0 Å². The summed E-state index contributed by atoms with van der Waals surface area (Å²) < 4.78 is 18.8. The first-order chi connectivity index (χ1) is 8.65. The van der Waals surface area contributed by atoms with Crippen LogP contribution in [0.2, 0.25) is 0 Å². The largest absolute Gasteiger partial charge is 0.490 e. The highest BCUT2D eigenvalue weighted by Crippen LogP contribution is 2.21. The molecule has 0 spiro atoms. The minimum atomic E-state index is -0.458. The number of nitrogens with one attached hydrogen (secondary N) is 1. The van der Waals surface area contributed by atoms with Gasteiger partial charge in [-0.3, -0.25) is 4.79 Å². The molecule has 1 aromatic carbocycles. The van der Waals surface area contributed by atoms with Gasteiger partial charge in [-0.15, -0.1) is 0 Å². The SMILES string of the molecule is NC(=O)CCOc1ccc(CNC2CC2)cc1F. The maximum Gasteiger partial charge on any atom is 0.220 e. The lowest BCUT2D eigenvalue weighted by molar-refractivity contribution is -0.118. The molecule has 2 rings (SSSR count). The Balaban J connectivity index is 1.85. The van der Waals surface area contributed by atoms with Crippen LogP contribution < -0.4 is 15.8 Å². The fraction of sp³-hybridized carbons (Fsp3) is 0.462. The maximum absolute atomic E-state index is 13.6. The normalized spacial score (nSPS) is 14.5. The van der Waals surface area contributed by atoms with Crippen LogP contribution in [-0.4, -0.2) is 18.6 Å². The van der Waals surface area contributed by atoms with Gasteiger partial charge in [0, 0.05) is 12.6 Å². The lowest BCUT2D eigenvalue weighted by Crippen LogP contribution is -2.16. The van der Waals surface area contributed by atoms with Crippen LogP contribution in [-0.2, 0) is 11.3 Å². The van der Waals surface area contributed by atoms with E-state index in [4.69, 9.17) is 10.5 Å². The summed E-state index contributed by atoms with van der Waals surface area (Å²) in [6.07, 6.45) is 2.50. The minimum Gasteiger partial charge on any atom is -0.490 e. The van der Waals surface area contributed by atoms with Crippen molar-refractivity contribution in [1.82, 2.24) is 5.32 Å². The Morgan fingerprint density at radius 2 is 2.28 bits per heavy atom. The van der Waals surface area contributed by atoms with Gasteiger partial charge in [-0.1, -0.05) is 6.07 Å². The third-order valence-electron chi connectivity index (χ3n) is 2.77. The fourth-order valence-corrected chi connectivity index (χ4v) is 1.58. The lowest BCUT2D eigenvalue weighted by Gasteiger charge is -2.08. The molecule has 1 saturated carbocycles. The molecule has 0 radical (unpaired) electrons. The number of ether oxygens (including phenoxy) is 1. The van der Waals surface area contributed by atoms with Crippen molar-refractivity contribution in [2.24, 2.45) is 5.73 Å². The molecule has 3 N–H and O–H groups in total. The van der Waals surface area contributed by atoms with E-state index in [0.717, 1.165) is 5.56 Å². The molecule has 0 atom stereocenters. The highest BCUT2D eigenvalue weighted by molar-refractivity contribution is 5.73. The highest BCUT2D eigenvalue weighted by atomic mass is 19.1. The zero-order valence-electron chi connectivity index (χ0n) is 10.1. The smallest absolute Gasteiger partial charge is 0.220 e. The fourth-order valence-electron chi connectivity index (χ4n) is 1.58. The van der Waals surface area contributed by atoms with Gasteiger partial charge in [-0.05, 0) is 30.5 Å². The van der Waals surface area contributed by atoms with E-state index in [1.54, 1.807) is 6.07 Å². The first-order valence-electron chi connectivity index (χ1n) is 6.08. The predicted molar refractivity (Wildman–Crippen MR) is 65.6 cm³/mol. The van der Waals surface area contributed by atoms with Crippen LogP contribution in [0.3, 0.4) is 0 Å². The summed E-state index contributed by atoms with van der Waals surface area (Å²) in [6, 6.07) is 5.45. The molecule has 0 unspecified atom stereocenters. The number of amides is 1. The van der Waals surface area contributed by atoms with Crippen LogP contribution in [0.25, 0.3) is 0 Å². The second-order valence-electron chi connectivity index (χ2n) is 4.48. The Labute approximate surface area is 105 Å². The molecule has 5 heteroatoms. The number of rotatable bonds is 7. The van der Waals surface area contributed by atoms with Gasteiger partial charge in [0.05, 0.1) is 13.0 Å². The summed E-state index contributed by atoms with van der Waals surface area (Å²) in [4.78, 5) is 10.5. The van der Waals surface area contributed by atoms with Crippen molar-refractivity contribution in [2.45, 2.75) is 31.8 Å². The number of halogens is 1. The Kier molecular flexibility index (Phi) is 4.15. The summed E-state index contributed by atoms with van der Waals surface area (Å²) in [6.45, 7) is 0.773. The summed E-state index contributed by atoms with van der Waals surface area (Å²) >= 11 is 0. The topological polar surface area (TPSA) is 64.4 Å². The average Bonchev–Trinajstić information content (AvgIpc) is 3.12. The second-order valence-corrected chi connectivity index (χ2v) is 4.48. The molecule has 0 saturated heterocycles. The first-order valence-corrected chi connectivity index (χ1v) is 6.08. The van der Waals surface area contributed by atoms with Crippen LogP contribution in [0.5, 0.6) is 5.75 Å². The van der Waals surface area contributed by atoms with Crippen molar-refractivity contribution in [1.29, 1.82) is 0 Å². The van der Waals surface area contributed by atoms with Crippen molar-refractivity contribution in [3.05, 3.63) is 29.6 Å². The van der Waals surface area contributed by atoms with Gasteiger partial charge in [0.15, 0.2) is 11.6 Å². The molecule has 1 aliphatic rings. The third-order valence-corrected chi connectivity index (χ3v) is 2.77. The molecular weight excluding hydrogens is 235 g/mol. The zero-order valence-corrected chi connectivity index (χ0v) is 10.1. The molecule has 1 amide bonds. The van der Waals surface area contributed by atoms with Crippen molar-refractivity contribution in [2.75, 3.05) is 6.61 Å². The van der Waals surface area contributed by atoms with Gasteiger partial charge in [-0.2, -0.15) is 0 Å². The number of carbonyl (C=O) groups excluding carboxylic acids is 1. The van der Waals surface area contributed by atoms with Crippen molar-refractivity contribution in [3.63, 3.8) is 0 Å². The van der Waals surface area contributed by atoms with E-state index >= 15 is 0 Å². The number of nitrogens with two attached hydrogens (primary N) is 1. The first kappa shape index (κ1) is 12.8. The molecule has 0 aliphatic heterocycles. The van der Waals surface area contributed by atoms with Crippen LogP contribution in [0, 0.1) is 5.82 Å². The van der Waals surface area contributed by atoms with E-state index in [2.05, 4.69) is 5.32 Å². The van der Waals surface area contributed by atoms with E-state index in [1.807, 2.05) is 6.07 Å². The Hall–Kier alpha value is -1.62. The lowest BCUT2D eigenvalue weighted by atomic mass is 10.2. The third kappa shape index (κ3) is 4.00. The molecule has 1 aliphatic carbocycles. The van der Waals surface area contributed by atoms with Crippen molar-refractivity contribution in [3.8, 4) is 5.75 Å². The van der Waals surface area contributed by atoms with Gasteiger partial charge >= 0.3 is 0 Å². The van der Waals surface area contributed by atoms with Crippen molar-refractivity contribution < 1.29 is 13.9 Å². The van der Waals surface area contributed by atoms with Gasteiger partial charge in [0.25, 0.3) is 0 Å². The minimum absolute atomic E-state index is 0.0877. The molecular formula is C13H17FN2O2. The Bertz CT molecular complexity index is 433. The number of hydrogen-bond donors (Lipinski definition) is 2. The van der Waals surface area contributed by atoms with Gasteiger partial charge in [0.2, 0.25) is 5.91 Å². The highest BCUT2D eigenvalue weighted by Gasteiger charge is 2.20. The van der Waals surface area contributed by atoms with E-state index in [0.29, 0.717) is 12.6 Å². The number of carbonyl (C=O) groups is 1. The van der Waals surface area contributed by atoms with E-state index in [9.17, 15) is 9.18 Å². The molecule has 0 bridgehead atoms. The van der Waals surface area contributed by atoms with Gasteiger partial charge < -0.3 is 15.8 Å². The van der Waals surface area contributed by atoms with E-state index in [1.165, 1.54) is 18.9 Å². The summed E-state index contributed by atoms with van der Waals surface area (Å²) in [5.74, 6) is -0.707. The quantitative estimate of drug-likeness (QED) is 0.769. The monoisotopic (exact) mass is 252 g/mol. The van der Waals surface area contributed by atoms with E-state index < -0.39 is 11.7 Å². The Morgan fingerprint density at radius 1 is 1.50 bits per heavy atom. The summed E-state index contributed by atoms with van der Waals surface area (Å²) in [7, 11) is 0. The van der Waals surface area contributed by atoms with Gasteiger partial charge in [-0.25, -0.2) is 4.39 Å². The molecule has 1 fully saturated rings. The zero-order chi connectivity index (χ0) is 13.0. The molecule has 4 nitrogen and oxygen atoms in total. The van der Waals surface area contributed by atoms with Crippen LogP contribution >= 0.6 is 0 Å². The predicted octanol–water partition coefficient (Wildman–Crippen LogP) is 1.33. The Morgan fingerprint density at radius 3 is 2.89 bits per heavy atom. The number of primary amides is 1. The second kappa shape index (κ2) is 5.82. The summed E-state index contributed by atoms with van der Waals surface area (Å²) in [5.41, 5.74) is 5.86. The van der Waals surface area contributed by atoms with Crippen molar-refractivity contribution >= 4 is 5.91 Å². The van der Waals surface area contributed by atoms with Crippen LogP contribution in [0.15, 0.2) is 18.2 Å². The standard InChI is InChI=1S/C13H17FN2O2/c14-11-7-9(8-16-10-2-3-10)1-4-12(11)18-6-5-13(15)17/h1,4,7,10,16H,2-3,5-6,8H2,(H2,15,17). The molecule has 98 valence electrons. The molecule has 0 heterocycles. The number of benzene rings is 1. The maximum atomic E-state index is 13.6.